The Morgan fingerprint density at radius 2 is 1.18 bits per heavy atom. The third kappa shape index (κ3) is 8.83. The van der Waals surface area contributed by atoms with E-state index in [9.17, 15) is 39.5 Å². The van der Waals surface area contributed by atoms with Crippen molar-refractivity contribution in [3.63, 3.8) is 0 Å². The fourth-order valence-electron chi connectivity index (χ4n) is 7.16. The number of pyridine rings is 2. The van der Waals surface area contributed by atoms with Crippen LogP contribution >= 0.6 is 11.3 Å². The van der Waals surface area contributed by atoms with Gasteiger partial charge in [0.15, 0.2) is 0 Å². The van der Waals surface area contributed by atoms with Gasteiger partial charge in [0.1, 0.15) is 0 Å². The van der Waals surface area contributed by atoms with E-state index >= 15 is 0 Å². The van der Waals surface area contributed by atoms with Gasteiger partial charge >= 0.3 is 39.6 Å². The topological polar surface area (TPSA) is 25.8 Å². The molecule has 0 radical (unpaired) electrons. The molecule has 9 rings (SSSR count). The van der Waals surface area contributed by atoms with Crippen molar-refractivity contribution in [3.05, 3.63) is 180 Å². The van der Waals surface area contributed by atoms with E-state index in [1.807, 2.05) is 6.20 Å². The number of alkyl halides is 9. The van der Waals surface area contributed by atoms with E-state index in [0.717, 1.165) is 28.1 Å². The van der Waals surface area contributed by atoms with Crippen LogP contribution in [-0.2, 0) is 39.6 Å². The molecule has 3 heterocycles. The molecular weight excluding hydrogens is 1000 g/mol. The number of nitrogens with zero attached hydrogens (tertiary/aromatic N) is 2. The number of rotatable bonds is 4. The summed E-state index contributed by atoms with van der Waals surface area (Å²) in [7, 11) is 0. The number of thiophene rings is 1. The van der Waals surface area contributed by atoms with Crippen LogP contribution in [0.25, 0.3) is 75.7 Å². The van der Waals surface area contributed by atoms with E-state index in [4.69, 9.17) is 4.98 Å². The van der Waals surface area contributed by atoms with E-state index < -0.39 is 46.3 Å². The van der Waals surface area contributed by atoms with Gasteiger partial charge < -0.3 is 9.97 Å². The molecule has 0 saturated carbocycles. The number of aryl methyl sites for hydroxylation is 1. The van der Waals surface area contributed by atoms with E-state index in [0.29, 0.717) is 5.69 Å². The van der Waals surface area contributed by atoms with Gasteiger partial charge in [-0.25, -0.2) is 11.3 Å². The smallest absolute Gasteiger partial charge is 0.302 e. The molecule has 2 nitrogen and oxygen atoms in total. The summed E-state index contributed by atoms with van der Waals surface area (Å²) in [5.41, 5.74) is -4.51. The zero-order valence-corrected chi connectivity index (χ0v) is 34.5. The molecule has 0 aliphatic heterocycles. The van der Waals surface area contributed by atoms with Gasteiger partial charge in [-0.1, -0.05) is 96.6 Å². The van der Waals surface area contributed by atoms with Crippen LogP contribution in [0.4, 0.5) is 39.5 Å². The minimum absolute atomic E-state index is 0. The summed E-state index contributed by atoms with van der Waals surface area (Å²) in [5, 5.41) is 6.04. The fraction of sp³-hybridized carbons (Fsp3) is 0.0833. The first-order valence-electron chi connectivity index (χ1n) is 18.2. The predicted octanol–water partition coefficient (Wildman–Crippen LogP) is 15.3. The third-order valence-corrected chi connectivity index (χ3v) is 10.9. The maximum atomic E-state index is 13.7. The quantitative estimate of drug-likeness (QED) is 0.130. The summed E-state index contributed by atoms with van der Waals surface area (Å²) in [6.45, 7) is 1.56. The largest absolute Gasteiger partial charge is 2.00 e. The number of fused-ring (bicyclic) bond motifs is 3. The van der Waals surface area contributed by atoms with Crippen molar-refractivity contribution >= 4 is 43.0 Å². The van der Waals surface area contributed by atoms with Crippen LogP contribution in [0.15, 0.2) is 146 Å². The Balaban J connectivity index is 0.000000181. The van der Waals surface area contributed by atoms with Crippen LogP contribution in [-0.4, -0.2) is 9.97 Å². The second-order valence-corrected chi connectivity index (χ2v) is 14.8. The summed E-state index contributed by atoms with van der Waals surface area (Å²) in [4.78, 5) is 10.1. The van der Waals surface area contributed by atoms with Crippen molar-refractivity contribution in [1.82, 2.24) is 9.97 Å². The van der Waals surface area contributed by atoms with Gasteiger partial charge in [-0.3, -0.25) is 0 Å². The summed E-state index contributed by atoms with van der Waals surface area (Å²) >= 11 is 1.75. The molecule has 0 unspecified atom stereocenters. The maximum absolute atomic E-state index is 13.7. The average Bonchev–Trinajstić information content (AvgIpc) is 3.66. The second kappa shape index (κ2) is 16.9. The fourth-order valence-corrected chi connectivity index (χ4v) is 8.17. The van der Waals surface area contributed by atoms with Gasteiger partial charge in [-0.15, -0.1) is 53.4 Å². The third-order valence-electron chi connectivity index (χ3n) is 9.78. The molecule has 61 heavy (non-hydrogen) atoms. The molecule has 0 spiro atoms. The molecule has 0 amide bonds. The number of hydrogen-bond acceptors (Lipinski definition) is 3. The van der Waals surface area contributed by atoms with Gasteiger partial charge in [0.05, 0.1) is 16.7 Å². The van der Waals surface area contributed by atoms with E-state index in [1.165, 1.54) is 55.6 Å². The molecule has 308 valence electrons. The zero-order valence-electron chi connectivity index (χ0n) is 31.4. The standard InChI is InChI=1S/C27H16NS.C21H11F9N.Pt/c1-3-11-20-18(8-1)10-7-14-21(20)24-17-28-27(23-13-5-4-12-22(23)24)26-16-19-9-2-6-15-25(19)29-26;1-11-5-4-8-17(31-11)13-6-2-3-7-14(13)18-15(20(25,26)27)9-12(19(22,23)24)10-16(18)21(28,29)30;/h1-15,17H;2-5,7-10H,1H3;/q2*-1;+2. The number of hydrogen-bond donors (Lipinski definition) is 0. The summed E-state index contributed by atoms with van der Waals surface area (Å²) < 4.78 is 123. The molecule has 0 atom stereocenters. The van der Waals surface area contributed by atoms with Crippen LogP contribution in [0.3, 0.4) is 0 Å². The Morgan fingerprint density at radius 3 is 1.85 bits per heavy atom. The van der Waals surface area contributed by atoms with Gasteiger partial charge in [0.2, 0.25) is 0 Å². The molecule has 0 aliphatic rings. The van der Waals surface area contributed by atoms with Gasteiger partial charge in [0, 0.05) is 23.1 Å². The van der Waals surface area contributed by atoms with Crippen molar-refractivity contribution in [2.75, 3.05) is 0 Å². The first-order chi connectivity index (χ1) is 28.6. The van der Waals surface area contributed by atoms with Crippen molar-refractivity contribution in [2.45, 2.75) is 25.5 Å². The number of halogens is 9. The van der Waals surface area contributed by atoms with Crippen LogP contribution in [0, 0.1) is 19.1 Å². The zero-order chi connectivity index (χ0) is 42.4. The van der Waals surface area contributed by atoms with Crippen molar-refractivity contribution < 1.29 is 60.6 Å². The Bertz CT molecular complexity index is 2970. The predicted molar refractivity (Wildman–Crippen MR) is 218 cm³/mol. The second-order valence-electron chi connectivity index (χ2n) is 13.7. The molecule has 0 saturated heterocycles. The summed E-state index contributed by atoms with van der Waals surface area (Å²) in [6.07, 6.45) is -14.4. The SMILES string of the molecule is Cc1cccc(-c2[c-]cccc2-c2c(C(F)(F)F)cc(C(F)(F)F)cc2C(F)(F)F)n1.[Pt+2].[c-]1c(-c2ncc(-c3cccc4ccccc34)c3ccccc23)sc2ccccc12. The maximum Gasteiger partial charge on any atom is 2.00 e. The number of benzene rings is 6. The van der Waals surface area contributed by atoms with Crippen molar-refractivity contribution in [2.24, 2.45) is 0 Å². The molecule has 0 N–H and O–H groups in total. The minimum atomic E-state index is -5.50. The van der Waals surface area contributed by atoms with Gasteiger partial charge in [-0.2, -0.15) is 39.5 Å². The molecule has 0 bridgehead atoms. The Kier molecular flexibility index (Phi) is 12.0. The van der Waals surface area contributed by atoms with E-state index in [-0.39, 0.29) is 44.5 Å². The van der Waals surface area contributed by atoms with Crippen LogP contribution in [0.5, 0.6) is 0 Å². The van der Waals surface area contributed by atoms with Crippen LogP contribution < -0.4 is 0 Å². The van der Waals surface area contributed by atoms with Gasteiger partial charge in [-0.05, 0) is 73.1 Å². The first kappa shape index (κ1) is 43.3. The number of aromatic nitrogens is 2. The minimum Gasteiger partial charge on any atom is -0.302 e. The molecule has 13 heteroatoms. The summed E-state index contributed by atoms with van der Waals surface area (Å²) in [5.74, 6) is 0. The van der Waals surface area contributed by atoms with Gasteiger partial charge in [0.25, 0.3) is 0 Å². The molecule has 0 fully saturated rings. The monoisotopic (exact) mass is 1030 g/mol. The molecule has 3 aromatic heterocycles. The van der Waals surface area contributed by atoms with E-state index in [2.05, 4.69) is 108 Å². The molecule has 0 aliphatic carbocycles. The normalized spacial score (nSPS) is 12.0. The molecule has 9 aromatic rings. The van der Waals surface area contributed by atoms with Crippen LogP contribution in [0.2, 0.25) is 0 Å². The van der Waals surface area contributed by atoms with Crippen molar-refractivity contribution in [3.8, 4) is 44.1 Å². The van der Waals surface area contributed by atoms with E-state index in [1.54, 1.807) is 24.3 Å². The van der Waals surface area contributed by atoms with Crippen LogP contribution in [0.1, 0.15) is 22.4 Å². The Morgan fingerprint density at radius 1 is 0.574 bits per heavy atom. The molecule has 6 aromatic carbocycles. The Labute approximate surface area is 361 Å². The molecular formula is C48H27F9N2PtS. The first-order valence-corrected chi connectivity index (χ1v) is 19.0. The Hall–Kier alpha value is -5.84. The summed E-state index contributed by atoms with van der Waals surface area (Å²) in [6, 6.07) is 45.2. The average molecular weight is 1030 g/mol. The van der Waals surface area contributed by atoms with Crippen molar-refractivity contribution in [1.29, 1.82) is 0 Å².